The molecular weight excluding hydrogens is 324 g/mol. The molecule has 25 heavy (non-hydrogen) atoms. The number of nitrogens with one attached hydrogen (secondary N) is 1. The first-order valence-corrected chi connectivity index (χ1v) is 7.49. The Morgan fingerprint density at radius 1 is 1.28 bits per heavy atom. The summed E-state index contributed by atoms with van der Waals surface area (Å²) >= 11 is 0. The minimum atomic E-state index is -0.534. The first-order valence-electron chi connectivity index (χ1n) is 7.49. The number of nitro benzene ring substituents is 1. The van der Waals surface area contributed by atoms with Gasteiger partial charge < -0.3 is 14.8 Å². The molecule has 0 aliphatic heterocycles. The van der Waals surface area contributed by atoms with Crippen molar-refractivity contribution in [3.8, 4) is 11.5 Å². The lowest BCUT2D eigenvalue weighted by molar-refractivity contribution is -0.384. The van der Waals surface area contributed by atoms with Crippen LogP contribution < -0.4 is 14.8 Å². The maximum Gasteiger partial charge on any atom is 0.273 e. The van der Waals surface area contributed by atoms with Gasteiger partial charge in [-0.3, -0.25) is 14.9 Å². The van der Waals surface area contributed by atoms with Crippen LogP contribution in [0.5, 0.6) is 11.5 Å². The molecule has 0 saturated heterocycles. The highest BCUT2D eigenvalue weighted by atomic mass is 16.6. The largest absolute Gasteiger partial charge is 0.494 e. The molecule has 0 radical (unpaired) electrons. The van der Waals surface area contributed by atoms with Gasteiger partial charge in [0.1, 0.15) is 11.5 Å². The number of amides is 1. The van der Waals surface area contributed by atoms with Gasteiger partial charge in [0.2, 0.25) is 0 Å². The summed E-state index contributed by atoms with van der Waals surface area (Å²) in [5, 5.41) is 13.4. The van der Waals surface area contributed by atoms with Crippen LogP contribution in [0, 0.1) is 10.1 Å². The van der Waals surface area contributed by atoms with Gasteiger partial charge in [-0.2, -0.15) is 0 Å². The van der Waals surface area contributed by atoms with E-state index < -0.39 is 10.8 Å². The van der Waals surface area contributed by atoms with Crippen molar-refractivity contribution in [2.45, 2.75) is 6.42 Å². The van der Waals surface area contributed by atoms with E-state index in [1.807, 2.05) is 18.2 Å². The molecule has 1 amide bonds. The lowest BCUT2D eigenvalue weighted by Crippen LogP contribution is -2.20. The normalized spacial score (nSPS) is 9.96. The van der Waals surface area contributed by atoms with Crippen LogP contribution in [0.15, 0.2) is 55.1 Å². The number of allylic oxidation sites excluding steroid dienone is 1. The van der Waals surface area contributed by atoms with Gasteiger partial charge in [0.05, 0.1) is 23.8 Å². The molecule has 0 spiro atoms. The zero-order valence-corrected chi connectivity index (χ0v) is 13.7. The van der Waals surface area contributed by atoms with Gasteiger partial charge in [-0.15, -0.1) is 6.58 Å². The van der Waals surface area contributed by atoms with Gasteiger partial charge in [-0.1, -0.05) is 24.3 Å². The predicted molar refractivity (Wildman–Crippen MR) is 94.1 cm³/mol. The van der Waals surface area contributed by atoms with E-state index in [0.29, 0.717) is 17.9 Å². The number of para-hydroxylation sites is 1. The third-order valence-electron chi connectivity index (χ3n) is 3.37. The quantitative estimate of drug-likeness (QED) is 0.451. The van der Waals surface area contributed by atoms with Crippen LogP contribution in [0.4, 0.5) is 11.4 Å². The number of benzene rings is 2. The first kappa shape index (κ1) is 18.0. The fourth-order valence-electron chi connectivity index (χ4n) is 2.20. The molecule has 1 N–H and O–H groups in total. The van der Waals surface area contributed by atoms with E-state index in [-0.39, 0.29) is 18.0 Å². The zero-order chi connectivity index (χ0) is 18.2. The Bertz CT molecular complexity index is 789. The number of hydrogen-bond acceptors (Lipinski definition) is 5. The van der Waals surface area contributed by atoms with Crippen LogP contribution in [-0.4, -0.2) is 24.5 Å². The maximum absolute atomic E-state index is 12.1. The fraction of sp³-hybridized carbons (Fsp3) is 0.167. The molecule has 0 aromatic heterocycles. The Morgan fingerprint density at radius 2 is 2.04 bits per heavy atom. The predicted octanol–water partition coefficient (Wildman–Crippen LogP) is 3.35. The van der Waals surface area contributed by atoms with Crippen LogP contribution >= 0.6 is 0 Å². The Hall–Kier alpha value is -3.35. The lowest BCUT2D eigenvalue weighted by atomic mass is 10.1. The average molecular weight is 342 g/mol. The Kier molecular flexibility index (Phi) is 6.11. The highest BCUT2D eigenvalue weighted by Gasteiger charge is 2.14. The molecule has 0 aliphatic rings. The number of non-ortho nitro benzene ring substituents is 1. The molecule has 0 atom stereocenters. The Labute approximate surface area is 145 Å². The molecule has 2 aromatic carbocycles. The van der Waals surface area contributed by atoms with Crippen molar-refractivity contribution in [2.24, 2.45) is 0 Å². The van der Waals surface area contributed by atoms with Crippen LogP contribution in [0.3, 0.4) is 0 Å². The van der Waals surface area contributed by atoms with Crippen LogP contribution in [-0.2, 0) is 11.2 Å². The van der Waals surface area contributed by atoms with Crippen LogP contribution in [0.1, 0.15) is 5.56 Å². The summed E-state index contributed by atoms with van der Waals surface area (Å²) in [4.78, 5) is 22.3. The van der Waals surface area contributed by atoms with Crippen molar-refractivity contribution >= 4 is 17.3 Å². The summed E-state index contributed by atoms with van der Waals surface area (Å²) < 4.78 is 10.6. The van der Waals surface area contributed by atoms with Crippen LogP contribution in [0.2, 0.25) is 0 Å². The smallest absolute Gasteiger partial charge is 0.273 e. The maximum atomic E-state index is 12.1. The molecule has 0 fully saturated rings. The summed E-state index contributed by atoms with van der Waals surface area (Å²) in [5.74, 6) is 0.406. The van der Waals surface area contributed by atoms with Gasteiger partial charge in [0.15, 0.2) is 6.61 Å². The lowest BCUT2D eigenvalue weighted by Gasteiger charge is -2.12. The minimum absolute atomic E-state index is 0.121. The number of rotatable bonds is 8. The van der Waals surface area contributed by atoms with E-state index in [4.69, 9.17) is 9.47 Å². The Balaban J connectivity index is 2.03. The molecule has 0 unspecified atom stereocenters. The molecule has 2 aromatic rings. The molecule has 130 valence electrons. The van der Waals surface area contributed by atoms with E-state index in [0.717, 1.165) is 5.56 Å². The number of nitro groups is 1. The second-order valence-electron chi connectivity index (χ2n) is 5.08. The van der Waals surface area contributed by atoms with Crippen LogP contribution in [0.25, 0.3) is 0 Å². The minimum Gasteiger partial charge on any atom is -0.494 e. The topological polar surface area (TPSA) is 90.7 Å². The highest BCUT2D eigenvalue weighted by molar-refractivity contribution is 5.93. The number of ether oxygens (including phenoxy) is 2. The molecule has 0 aliphatic carbocycles. The number of hydrogen-bond donors (Lipinski definition) is 1. The van der Waals surface area contributed by atoms with Gasteiger partial charge in [-0.05, 0) is 24.1 Å². The van der Waals surface area contributed by atoms with E-state index in [1.54, 1.807) is 12.1 Å². The van der Waals surface area contributed by atoms with E-state index >= 15 is 0 Å². The van der Waals surface area contributed by atoms with Gasteiger partial charge in [0.25, 0.3) is 11.6 Å². The standard InChI is InChI=1S/C18H18N2O5/c1-3-6-13-7-4-5-8-16(13)25-12-18(21)19-15-10-9-14(20(22)23)11-17(15)24-2/h3-5,7-11H,1,6,12H2,2H3,(H,19,21). The summed E-state index contributed by atoms with van der Waals surface area (Å²) in [7, 11) is 1.37. The van der Waals surface area contributed by atoms with Gasteiger partial charge in [-0.25, -0.2) is 0 Å². The zero-order valence-electron chi connectivity index (χ0n) is 13.7. The number of methoxy groups -OCH3 is 1. The Morgan fingerprint density at radius 3 is 2.72 bits per heavy atom. The second kappa shape index (κ2) is 8.49. The summed E-state index contributed by atoms with van der Waals surface area (Å²) in [5.41, 5.74) is 1.14. The summed E-state index contributed by atoms with van der Waals surface area (Å²) in [6.07, 6.45) is 2.39. The summed E-state index contributed by atoms with van der Waals surface area (Å²) in [6.45, 7) is 3.49. The number of carbonyl (C=O) groups excluding carboxylic acids is 1. The molecule has 0 saturated carbocycles. The SMILES string of the molecule is C=CCc1ccccc1OCC(=O)Nc1ccc([N+](=O)[O-])cc1OC. The molecule has 0 heterocycles. The van der Waals surface area contributed by atoms with Gasteiger partial charge in [0, 0.05) is 6.07 Å². The molecule has 0 bridgehead atoms. The van der Waals surface area contributed by atoms with Crippen molar-refractivity contribution in [1.82, 2.24) is 0 Å². The molecule has 7 nitrogen and oxygen atoms in total. The van der Waals surface area contributed by atoms with Gasteiger partial charge >= 0.3 is 0 Å². The first-order chi connectivity index (χ1) is 12.0. The van der Waals surface area contributed by atoms with Crippen molar-refractivity contribution < 1.29 is 19.2 Å². The van der Waals surface area contributed by atoms with Crippen molar-refractivity contribution in [1.29, 1.82) is 0 Å². The van der Waals surface area contributed by atoms with E-state index in [9.17, 15) is 14.9 Å². The van der Waals surface area contributed by atoms with E-state index in [2.05, 4.69) is 11.9 Å². The number of nitrogens with zero attached hydrogens (tertiary/aromatic N) is 1. The van der Waals surface area contributed by atoms with E-state index in [1.165, 1.54) is 25.3 Å². The molecule has 7 heteroatoms. The molecular formula is C18H18N2O5. The van der Waals surface area contributed by atoms with Crippen molar-refractivity contribution in [3.05, 3.63) is 70.8 Å². The van der Waals surface area contributed by atoms with Crippen molar-refractivity contribution in [3.63, 3.8) is 0 Å². The number of anilines is 1. The number of carbonyl (C=O) groups is 1. The summed E-state index contributed by atoms with van der Waals surface area (Å²) in [6, 6.07) is 11.3. The highest BCUT2D eigenvalue weighted by Crippen LogP contribution is 2.29. The fourth-order valence-corrected chi connectivity index (χ4v) is 2.20. The third kappa shape index (κ3) is 4.81. The monoisotopic (exact) mass is 342 g/mol. The third-order valence-corrected chi connectivity index (χ3v) is 3.37. The second-order valence-corrected chi connectivity index (χ2v) is 5.08. The van der Waals surface area contributed by atoms with Crippen molar-refractivity contribution in [2.75, 3.05) is 19.0 Å². The average Bonchev–Trinajstić information content (AvgIpc) is 2.61. The molecule has 2 rings (SSSR count).